The molecule has 2 aromatic heterocycles. The Hall–Kier alpha value is -3.00. The van der Waals surface area contributed by atoms with Crippen molar-refractivity contribution in [1.29, 1.82) is 0 Å². The van der Waals surface area contributed by atoms with Gasteiger partial charge < -0.3 is 9.64 Å². The number of methoxy groups -OCH3 is 1. The van der Waals surface area contributed by atoms with Gasteiger partial charge in [0.1, 0.15) is 12.1 Å². The molecule has 7 nitrogen and oxygen atoms in total. The van der Waals surface area contributed by atoms with E-state index in [1.165, 1.54) is 7.11 Å². The summed E-state index contributed by atoms with van der Waals surface area (Å²) in [5, 5.41) is 4.51. The van der Waals surface area contributed by atoms with Gasteiger partial charge in [-0.3, -0.25) is 4.90 Å². The fourth-order valence-electron chi connectivity index (χ4n) is 3.69. The number of hydrogen-bond acceptors (Lipinski definition) is 6. The number of piperazine rings is 1. The lowest BCUT2D eigenvalue weighted by Gasteiger charge is -2.35. The molecule has 8 heteroatoms. The summed E-state index contributed by atoms with van der Waals surface area (Å²) in [7, 11) is 1.48. The Kier molecular flexibility index (Phi) is 5.44. The first-order valence-corrected chi connectivity index (χ1v) is 9.69. The number of benzene rings is 1. The normalized spacial score (nSPS) is 15.0. The third kappa shape index (κ3) is 4.22. The van der Waals surface area contributed by atoms with E-state index in [0.717, 1.165) is 61.3 Å². The summed E-state index contributed by atoms with van der Waals surface area (Å²) in [6.45, 7) is 8.18. The minimum atomic E-state index is -0.318. The van der Waals surface area contributed by atoms with Gasteiger partial charge in [0.2, 0.25) is 0 Å². The van der Waals surface area contributed by atoms with E-state index in [2.05, 4.69) is 24.9 Å². The van der Waals surface area contributed by atoms with Gasteiger partial charge in [-0.15, -0.1) is 0 Å². The van der Waals surface area contributed by atoms with E-state index >= 15 is 0 Å². The number of nitrogens with zero attached hydrogens (tertiary/aromatic N) is 6. The largest absolute Gasteiger partial charge is 0.494 e. The van der Waals surface area contributed by atoms with E-state index in [0.29, 0.717) is 0 Å². The van der Waals surface area contributed by atoms with Crippen LogP contribution in [0.3, 0.4) is 0 Å². The average molecular weight is 396 g/mol. The maximum Gasteiger partial charge on any atom is 0.165 e. The highest BCUT2D eigenvalue weighted by Gasteiger charge is 2.19. The Labute approximate surface area is 169 Å². The lowest BCUT2D eigenvalue weighted by molar-refractivity contribution is 0.249. The Morgan fingerprint density at radius 1 is 1.00 bits per heavy atom. The zero-order valence-corrected chi connectivity index (χ0v) is 17.0. The molecule has 3 heterocycles. The fourth-order valence-corrected chi connectivity index (χ4v) is 3.69. The van der Waals surface area contributed by atoms with Gasteiger partial charge in [-0.25, -0.2) is 19.0 Å². The smallest absolute Gasteiger partial charge is 0.165 e. The zero-order valence-electron chi connectivity index (χ0n) is 17.0. The fraction of sp³-hybridized carbons (Fsp3) is 0.381. The lowest BCUT2D eigenvalue weighted by Crippen LogP contribution is -2.46. The van der Waals surface area contributed by atoms with Gasteiger partial charge in [-0.2, -0.15) is 5.10 Å². The molecule has 0 spiro atoms. The summed E-state index contributed by atoms with van der Waals surface area (Å²) < 4.78 is 20.8. The molecular formula is C21H25FN6O. The monoisotopic (exact) mass is 396 g/mol. The van der Waals surface area contributed by atoms with Crippen LogP contribution in [-0.4, -0.2) is 57.9 Å². The van der Waals surface area contributed by atoms with Crippen LogP contribution in [0.5, 0.6) is 5.75 Å². The number of aromatic nitrogens is 4. The molecule has 0 unspecified atom stereocenters. The van der Waals surface area contributed by atoms with Gasteiger partial charge in [0.15, 0.2) is 17.4 Å². The molecule has 0 radical (unpaired) electrons. The van der Waals surface area contributed by atoms with Crippen molar-refractivity contribution in [3.63, 3.8) is 0 Å². The molecule has 0 aliphatic carbocycles. The number of anilines is 1. The van der Waals surface area contributed by atoms with E-state index in [4.69, 9.17) is 4.74 Å². The number of halogens is 1. The van der Waals surface area contributed by atoms with Crippen molar-refractivity contribution in [2.45, 2.75) is 20.4 Å². The molecule has 4 rings (SSSR count). The molecule has 0 atom stereocenters. The maximum absolute atomic E-state index is 13.9. The van der Waals surface area contributed by atoms with Crippen LogP contribution >= 0.6 is 0 Å². The van der Waals surface area contributed by atoms with Gasteiger partial charge in [-0.1, -0.05) is 6.07 Å². The highest BCUT2D eigenvalue weighted by Crippen LogP contribution is 2.21. The molecule has 1 aliphatic rings. The molecule has 1 aliphatic heterocycles. The summed E-state index contributed by atoms with van der Waals surface area (Å²) in [4.78, 5) is 13.4. The Bertz CT molecular complexity index is 997. The highest BCUT2D eigenvalue weighted by molar-refractivity contribution is 5.44. The predicted molar refractivity (Wildman–Crippen MR) is 109 cm³/mol. The van der Waals surface area contributed by atoms with Gasteiger partial charge in [0, 0.05) is 44.5 Å². The molecule has 0 bridgehead atoms. The van der Waals surface area contributed by atoms with E-state index in [1.54, 1.807) is 18.5 Å². The summed E-state index contributed by atoms with van der Waals surface area (Å²) in [5.74, 6) is 1.64. The van der Waals surface area contributed by atoms with Crippen LogP contribution in [0.2, 0.25) is 0 Å². The summed E-state index contributed by atoms with van der Waals surface area (Å²) in [5.41, 5.74) is 2.96. The molecule has 3 aromatic rings. The molecule has 0 saturated carbocycles. The molecule has 29 heavy (non-hydrogen) atoms. The van der Waals surface area contributed by atoms with Crippen molar-refractivity contribution in [1.82, 2.24) is 24.6 Å². The lowest BCUT2D eigenvalue weighted by atomic mass is 10.2. The summed E-state index contributed by atoms with van der Waals surface area (Å²) in [6, 6.07) is 9.16. The van der Waals surface area contributed by atoms with E-state index in [1.807, 2.05) is 36.7 Å². The van der Waals surface area contributed by atoms with Crippen LogP contribution in [0.4, 0.5) is 10.2 Å². The standard InChI is InChI=1S/C21H25FN6O/c1-15-10-16(2)28(25-15)21-12-20(23-14-24-21)27-8-6-26(7-9-27)13-17-4-5-19(29-3)18(22)11-17/h4-5,10-12,14H,6-9,13H2,1-3H3. The van der Waals surface area contributed by atoms with Crippen LogP contribution < -0.4 is 9.64 Å². The van der Waals surface area contributed by atoms with Crippen LogP contribution in [0, 0.1) is 19.7 Å². The third-order valence-electron chi connectivity index (χ3n) is 5.18. The first-order valence-electron chi connectivity index (χ1n) is 9.69. The number of aryl methyl sites for hydroxylation is 2. The van der Waals surface area contributed by atoms with Crippen molar-refractivity contribution in [2.75, 3.05) is 38.2 Å². The number of rotatable bonds is 5. The van der Waals surface area contributed by atoms with Crippen molar-refractivity contribution in [3.05, 3.63) is 59.4 Å². The predicted octanol–water partition coefficient (Wildman–Crippen LogP) is 2.75. The Morgan fingerprint density at radius 2 is 1.76 bits per heavy atom. The van der Waals surface area contributed by atoms with E-state index < -0.39 is 0 Å². The average Bonchev–Trinajstić information content (AvgIpc) is 3.07. The molecule has 1 saturated heterocycles. The minimum Gasteiger partial charge on any atom is -0.494 e. The molecule has 0 amide bonds. The van der Waals surface area contributed by atoms with Crippen molar-refractivity contribution < 1.29 is 9.13 Å². The van der Waals surface area contributed by atoms with Gasteiger partial charge in [-0.05, 0) is 37.6 Å². The van der Waals surface area contributed by atoms with Gasteiger partial charge >= 0.3 is 0 Å². The van der Waals surface area contributed by atoms with E-state index in [-0.39, 0.29) is 11.6 Å². The number of hydrogen-bond donors (Lipinski definition) is 0. The third-order valence-corrected chi connectivity index (χ3v) is 5.18. The summed E-state index contributed by atoms with van der Waals surface area (Å²) >= 11 is 0. The van der Waals surface area contributed by atoms with Crippen LogP contribution in [-0.2, 0) is 6.54 Å². The van der Waals surface area contributed by atoms with Crippen molar-refractivity contribution in [3.8, 4) is 11.6 Å². The zero-order chi connectivity index (χ0) is 20.4. The Morgan fingerprint density at radius 3 is 2.41 bits per heavy atom. The minimum absolute atomic E-state index is 0.278. The van der Waals surface area contributed by atoms with Gasteiger partial charge in [0.05, 0.1) is 12.8 Å². The molecular weight excluding hydrogens is 371 g/mol. The van der Waals surface area contributed by atoms with Crippen molar-refractivity contribution >= 4 is 5.82 Å². The van der Waals surface area contributed by atoms with Crippen LogP contribution in [0.15, 0.2) is 36.7 Å². The molecule has 1 aromatic carbocycles. The maximum atomic E-state index is 13.9. The van der Waals surface area contributed by atoms with Gasteiger partial charge in [0.25, 0.3) is 0 Å². The SMILES string of the molecule is COc1ccc(CN2CCN(c3cc(-n4nc(C)cc4C)ncn3)CC2)cc1F. The van der Waals surface area contributed by atoms with Crippen LogP contribution in [0.25, 0.3) is 5.82 Å². The second-order valence-electron chi connectivity index (χ2n) is 7.31. The number of ether oxygens (including phenoxy) is 1. The first kappa shape index (κ1) is 19.3. The first-order chi connectivity index (χ1) is 14.0. The summed E-state index contributed by atoms with van der Waals surface area (Å²) in [6.07, 6.45) is 1.59. The molecule has 0 N–H and O–H groups in total. The molecule has 1 fully saturated rings. The Balaban J connectivity index is 1.40. The van der Waals surface area contributed by atoms with Crippen LogP contribution in [0.1, 0.15) is 17.0 Å². The molecule has 152 valence electrons. The van der Waals surface area contributed by atoms with E-state index in [9.17, 15) is 4.39 Å². The second kappa shape index (κ2) is 8.16. The quantitative estimate of drug-likeness (QED) is 0.661. The van der Waals surface area contributed by atoms with Crippen molar-refractivity contribution in [2.24, 2.45) is 0 Å². The second-order valence-corrected chi connectivity index (χ2v) is 7.31. The highest BCUT2D eigenvalue weighted by atomic mass is 19.1. The topological polar surface area (TPSA) is 59.3 Å².